The lowest BCUT2D eigenvalue weighted by atomic mass is 10.2. The number of likely N-dealkylation sites (tertiary alicyclic amines) is 1. The maximum atomic E-state index is 13.3. The van der Waals surface area contributed by atoms with Gasteiger partial charge in [0, 0.05) is 36.7 Å². The Hall–Kier alpha value is -2.94. The molecule has 1 unspecified atom stereocenters. The zero-order chi connectivity index (χ0) is 24.0. The minimum atomic E-state index is -4.85. The molecule has 1 N–H and O–H groups in total. The minimum Gasteiger partial charge on any atom is -0.489 e. The second-order valence-corrected chi connectivity index (χ2v) is 7.96. The van der Waals surface area contributed by atoms with Crippen LogP contribution in [0.3, 0.4) is 0 Å². The fourth-order valence-electron chi connectivity index (χ4n) is 3.33. The molecule has 178 valence electrons. The number of benzene rings is 2. The van der Waals surface area contributed by atoms with Crippen molar-refractivity contribution < 1.29 is 31.8 Å². The van der Waals surface area contributed by atoms with Gasteiger partial charge in [0.15, 0.2) is 6.61 Å². The largest absolute Gasteiger partial charge is 0.489 e. The van der Waals surface area contributed by atoms with Crippen molar-refractivity contribution >= 4 is 17.5 Å². The zero-order valence-corrected chi connectivity index (χ0v) is 18.4. The maximum absolute atomic E-state index is 13.3. The van der Waals surface area contributed by atoms with Gasteiger partial charge in [-0.25, -0.2) is 4.39 Å². The van der Waals surface area contributed by atoms with E-state index in [2.05, 4.69) is 16.8 Å². The molecule has 0 radical (unpaired) electrons. The molecule has 1 amide bonds. The van der Waals surface area contributed by atoms with Crippen LogP contribution < -0.4 is 14.8 Å². The number of halogens is 5. The van der Waals surface area contributed by atoms with Gasteiger partial charge in [-0.2, -0.15) is 13.2 Å². The van der Waals surface area contributed by atoms with Gasteiger partial charge in [-0.15, -0.1) is 0 Å². The van der Waals surface area contributed by atoms with Gasteiger partial charge in [0.05, 0.1) is 12.1 Å². The highest BCUT2D eigenvalue weighted by Crippen LogP contribution is 2.33. The topological polar surface area (TPSA) is 50.8 Å². The summed E-state index contributed by atoms with van der Waals surface area (Å²) in [6.07, 6.45) is -3.50. The molecule has 1 aliphatic rings. The lowest BCUT2D eigenvalue weighted by Gasteiger charge is -2.21. The van der Waals surface area contributed by atoms with Gasteiger partial charge in [0.2, 0.25) is 0 Å². The van der Waals surface area contributed by atoms with Crippen LogP contribution >= 0.6 is 11.6 Å². The summed E-state index contributed by atoms with van der Waals surface area (Å²) in [6.45, 7) is 5.30. The van der Waals surface area contributed by atoms with Crippen LogP contribution in [0, 0.1) is 5.82 Å². The summed E-state index contributed by atoms with van der Waals surface area (Å²) in [6, 6.07) is 9.37. The molecule has 2 aromatic carbocycles. The molecule has 33 heavy (non-hydrogen) atoms. The molecule has 0 aromatic heterocycles. The summed E-state index contributed by atoms with van der Waals surface area (Å²) in [4.78, 5) is 14.0. The number of nitrogens with zero attached hydrogens (tertiary/aromatic N) is 1. The predicted molar refractivity (Wildman–Crippen MR) is 116 cm³/mol. The first-order chi connectivity index (χ1) is 15.6. The first-order valence-corrected chi connectivity index (χ1v) is 10.6. The van der Waals surface area contributed by atoms with E-state index in [1.54, 1.807) is 12.1 Å². The number of alkyl halides is 3. The highest BCUT2D eigenvalue weighted by atomic mass is 35.5. The number of carbonyl (C=O) groups is 1. The Morgan fingerprint density at radius 1 is 1.18 bits per heavy atom. The van der Waals surface area contributed by atoms with Crippen LogP contribution in [0.2, 0.25) is 5.02 Å². The molecule has 1 aliphatic heterocycles. The standard InChI is InChI=1S/C23H23ClF4N2O3/c1-15(30-11-9-19(13-30)33-17-4-2-16(24)3-5-17)8-10-29-22(31)14-32-18-6-7-21(25)20(12-18)23(26,27)28/h2-7,12,19H,1,8-11,13-14H2,(H,29,31). The smallest absolute Gasteiger partial charge is 0.419 e. The van der Waals surface area contributed by atoms with Gasteiger partial charge >= 0.3 is 6.18 Å². The van der Waals surface area contributed by atoms with Gasteiger partial charge in [0.25, 0.3) is 5.91 Å². The average molecular weight is 487 g/mol. The third-order valence-corrected chi connectivity index (χ3v) is 5.31. The van der Waals surface area contributed by atoms with E-state index in [0.29, 0.717) is 30.1 Å². The van der Waals surface area contributed by atoms with Crippen molar-refractivity contribution in [1.29, 1.82) is 0 Å². The van der Waals surface area contributed by atoms with E-state index >= 15 is 0 Å². The molecular weight excluding hydrogens is 464 g/mol. The number of hydrogen-bond donors (Lipinski definition) is 1. The third-order valence-electron chi connectivity index (χ3n) is 5.06. The Morgan fingerprint density at radius 2 is 1.88 bits per heavy atom. The molecule has 1 saturated heterocycles. The lowest BCUT2D eigenvalue weighted by Crippen LogP contribution is -2.31. The van der Waals surface area contributed by atoms with E-state index in [9.17, 15) is 22.4 Å². The van der Waals surface area contributed by atoms with Crippen LogP contribution in [-0.4, -0.2) is 43.2 Å². The van der Waals surface area contributed by atoms with E-state index in [0.717, 1.165) is 30.5 Å². The van der Waals surface area contributed by atoms with Gasteiger partial charge in [-0.05, 0) is 42.5 Å². The number of hydrogen-bond acceptors (Lipinski definition) is 4. The average Bonchev–Trinajstić information content (AvgIpc) is 3.22. The second-order valence-electron chi connectivity index (χ2n) is 7.52. The van der Waals surface area contributed by atoms with Gasteiger partial charge < -0.3 is 19.7 Å². The Labute approximate surface area is 193 Å². The fraction of sp³-hybridized carbons (Fsp3) is 0.348. The number of amides is 1. The van der Waals surface area contributed by atoms with Crippen molar-refractivity contribution in [3.63, 3.8) is 0 Å². The summed E-state index contributed by atoms with van der Waals surface area (Å²) in [5, 5.41) is 3.27. The molecule has 5 nitrogen and oxygen atoms in total. The van der Waals surface area contributed by atoms with Crippen LogP contribution in [0.1, 0.15) is 18.4 Å². The first kappa shape index (κ1) is 24.7. The molecular formula is C23H23ClF4N2O3. The fourth-order valence-corrected chi connectivity index (χ4v) is 3.46. The number of rotatable bonds is 9. The lowest BCUT2D eigenvalue weighted by molar-refractivity contribution is -0.140. The molecule has 0 bridgehead atoms. The Kier molecular flexibility index (Phi) is 8.07. The third kappa shape index (κ3) is 7.28. The van der Waals surface area contributed by atoms with Crippen LogP contribution in [0.25, 0.3) is 0 Å². The number of nitrogens with one attached hydrogen (secondary N) is 1. The van der Waals surface area contributed by atoms with Crippen LogP contribution in [0.5, 0.6) is 11.5 Å². The summed E-state index contributed by atoms with van der Waals surface area (Å²) in [5.74, 6) is -1.41. The Bertz CT molecular complexity index is 983. The van der Waals surface area contributed by atoms with E-state index in [4.69, 9.17) is 21.1 Å². The van der Waals surface area contributed by atoms with Crippen molar-refractivity contribution in [2.45, 2.75) is 25.1 Å². The monoisotopic (exact) mass is 486 g/mol. The van der Waals surface area contributed by atoms with Crippen molar-refractivity contribution in [2.24, 2.45) is 0 Å². The Balaban J connectivity index is 1.37. The molecule has 1 atom stereocenters. The highest BCUT2D eigenvalue weighted by Gasteiger charge is 2.34. The normalized spacial score (nSPS) is 15.9. The highest BCUT2D eigenvalue weighted by molar-refractivity contribution is 6.30. The van der Waals surface area contributed by atoms with Crippen molar-refractivity contribution in [2.75, 3.05) is 26.2 Å². The van der Waals surface area contributed by atoms with E-state index in [1.807, 2.05) is 12.1 Å². The Morgan fingerprint density at radius 3 is 2.58 bits per heavy atom. The number of carbonyl (C=O) groups excluding carboxylic acids is 1. The first-order valence-electron chi connectivity index (χ1n) is 10.2. The minimum absolute atomic E-state index is 0.0169. The number of ether oxygens (including phenoxy) is 2. The molecule has 0 spiro atoms. The molecule has 1 fully saturated rings. The quantitative estimate of drug-likeness (QED) is 0.504. The molecule has 1 heterocycles. The SMILES string of the molecule is C=C(CCNC(=O)COc1ccc(F)c(C(F)(F)F)c1)N1CCC(Oc2ccc(Cl)cc2)C1. The van der Waals surface area contributed by atoms with E-state index < -0.39 is 30.1 Å². The zero-order valence-electron chi connectivity index (χ0n) is 17.6. The van der Waals surface area contributed by atoms with Crippen molar-refractivity contribution in [1.82, 2.24) is 10.2 Å². The second kappa shape index (κ2) is 10.8. The maximum Gasteiger partial charge on any atom is 0.419 e. The summed E-state index contributed by atoms with van der Waals surface area (Å²) in [7, 11) is 0. The van der Waals surface area contributed by atoms with E-state index in [1.165, 1.54) is 0 Å². The summed E-state index contributed by atoms with van der Waals surface area (Å²) >= 11 is 5.88. The van der Waals surface area contributed by atoms with Gasteiger partial charge in [0.1, 0.15) is 23.4 Å². The van der Waals surface area contributed by atoms with Crippen molar-refractivity contribution in [3.8, 4) is 11.5 Å². The van der Waals surface area contributed by atoms with Crippen LogP contribution in [0.15, 0.2) is 54.7 Å². The van der Waals surface area contributed by atoms with Crippen LogP contribution in [-0.2, 0) is 11.0 Å². The molecule has 10 heteroatoms. The molecule has 2 aromatic rings. The van der Waals surface area contributed by atoms with Gasteiger partial charge in [-0.3, -0.25) is 4.79 Å². The van der Waals surface area contributed by atoms with E-state index in [-0.39, 0.29) is 18.4 Å². The molecule has 0 aliphatic carbocycles. The molecule has 0 saturated carbocycles. The summed E-state index contributed by atoms with van der Waals surface area (Å²) < 4.78 is 62.5. The summed E-state index contributed by atoms with van der Waals surface area (Å²) in [5.41, 5.74) is -0.604. The molecule has 3 rings (SSSR count). The van der Waals surface area contributed by atoms with Crippen LogP contribution in [0.4, 0.5) is 17.6 Å². The van der Waals surface area contributed by atoms with Gasteiger partial charge in [-0.1, -0.05) is 18.2 Å². The predicted octanol–water partition coefficient (Wildman–Crippen LogP) is 5.05. The van der Waals surface area contributed by atoms with Crippen molar-refractivity contribution in [3.05, 3.63) is 71.1 Å².